The number of aliphatic carboxylic acids is 1. The summed E-state index contributed by atoms with van der Waals surface area (Å²) in [4.78, 5) is 20.8. The lowest BCUT2D eigenvalue weighted by Crippen LogP contribution is -2.38. The van der Waals surface area contributed by atoms with E-state index in [1.807, 2.05) is 29.8 Å². The summed E-state index contributed by atoms with van der Waals surface area (Å²) in [6, 6.07) is 6.22. The van der Waals surface area contributed by atoms with Gasteiger partial charge < -0.3 is 15.7 Å². The van der Waals surface area contributed by atoms with Crippen LogP contribution >= 0.6 is 23.5 Å². The number of likely N-dealkylation sites (N-methyl/N-ethyl adjacent to an activating group) is 1. The van der Waals surface area contributed by atoms with Crippen molar-refractivity contribution in [3.05, 3.63) is 29.7 Å². The van der Waals surface area contributed by atoms with E-state index >= 15 is 0 Å². The van der Waals surface area contributed by atoms with Gasteiger partial charge in [0.05, 0.1) is 23.2 Å². The number of thioether (sulfide) groups is 2. The molecule has 0 fully saturated rings. The summed E-state index contributed by atoms with van der Waals surface area (Å²) in [6.45, 7) is 2.56. The van der Waals surface area contributed by atoms with E-state index < -0.39 is 5.97 Å². The van der Waals surface area contributed by atoms with Gasteiger partial charge in [0.25, 0.3) is 0 Å². The van der Waals surface area contributed by atoms with Gasteiger partial charge in [-0.1, -0.05) is 6.08 Å². The van der Waals surface area contributed by atoms with Gasteiger partial charge in [0.1, 0.15) is 5.84 Å². The highest BCUT2D eigenvalue weighted by molar-refractivity contribution is 8.03. The second kappa shape index (κ2) is 8.83. The Kier molecular flexibility index (Phi) is 6.50. The molecule has 0 radical (unpaired) electrons. The molecular formula is C18H24N4O2S2. The first-order chi connectivity index (χ1) is 12.5. The number of hydrogen-bond donors (Lipinski definition) is 2. The number of amidine groups is 1. The van der Waals surface area contributed by atoms with Crippen molar-refractivity contribution < 1.29 is 9.90 Å². The Balaban J connectivity index is 1.67. The molecule has 8 heteroatoms. The minimum atomic E-state index is -0.794. The van der Waals surface area contributed by atoms with Crippen LogP contribution in [0, 0.1) is 0 Å². The van der Waals surface area contributed by atoms with Crippen molar-refractivity contribution in [1.82, 2.24) is 4.90 Å². The van der Waals surface area contributed by atoms with Crippen LogP contribution < -0.4 is 10.6 Å². The highest BCUT2D eigenvalue weighted by Gasteiger charge is 2.19. The molecule has 2 aliphatic heterocycles. The molecule has 0 aromatic heterocycles. The Hall–Kier alpha value is -1.64. The van der Waals surface area contributed by atoms with Crippen LogP contribution in [-0.4, -0.2) is 66.0 Å². The van der Waals surface area contributed by atoms with Crippen molar-refractivity contribution >= 4 is 46.7 Å². The van der Waals surface area contributed by atoms with Gasteiger partial charge in [0.2, 0.25) is 0 Å². The number of nitrogens with zero attached hydrogens (tertiary/aromatic N) is 3. The monoisotopic (exact) mass is 392 g/mol. The molecule has 140 valence electrons. The van der Waals surface area contributed by atoms with E-state index in [0.29, 0.717) is 5.84 Å². The zero-order valence-electron chi connectivity index (χ0n) is 14.8. The second-order valence-electron chi connectivity index (χ2n) is 6.39. The van der Waals surface area contributed by atoms with Gasteiger partial charge in [-0.2, -0.15) is 0 Å². The molecule has 1 unspecified atom stereocenters. The Bertz CT molecular complexity index is 715. The highest BCUT2D eigenvalue weighted by Crippen LogP contribution is 2.37. The molecule has 6 nitrogen and oxygen atoms in total. The number of rotatable bonds is 7. The number of carbonyl (C=O) groups is 1. The van der Waals surface area contributed by atoms with E-state index in [1.165, 1.54) is 10.6 Å². The van der Waals surface area contributed by atoms with Crippen molar-refractivity contribution in [2.75, 3.05) is 43.9 Å². The molecule has 0 aliphatic carbocycles. The van der Waals surface area contributed by atoms with E-state index in [1.54, 1.807) is 11.8 Å². The van der Waals surface area contributed by atoms with Crippen LogP contribution in [0.5, 0.6) is 0 Å². The number of hydrogen-bond acceptors (Lipinski definition) is 6. The average molecular weight is 393 g/mol. The Morgan fingerprint density at radius 1 is 1.50 bits per heavy atom. The fourth-order valence-electron chi connectivity index (χ4n) is 2.97. The van der Waals surface area contributed by atoms with E-state index in [-0.39, 0.29) is 11.8 Å². The Morgan fingerprint density at radius 2 is 2.35 bits per heavy atom. The maximum Gasteiger partial charge on any atom is 0.317 e. The van der Waals surface area contributed by atoms with Crippen molar-refractivity contribution in [2.45, 2.75) is 16.6 Å². The van der Waals surface area contributed by atoms with Gasteiger partial charge in [0, 0.05) is 30.3 Å². The molecule has 3 N–H and O–H groups in total. The minimum Gasteiger partial charge on any atom is -0.480 e. The molecule has 1 atom stereocenters. The number of aliphatic imine (C=N–C) groups is 1. The first-order valence-electron chi connectivity index (χ1n) is 8.59. The number of benzene rings is 1. The zero-order chi connectivity index (χ0) is 18.5. The first kappa shape index (κ1) is 19.1. The first-order valence-corrected chi connectivity index (χ1v) is 10.5. The van der Waals surface area contributed by atoms with Gasteiger partial charge in [0.15, 0.2) is 0 Å². The topological polar surface area (TPSA) is 82.2 Å². The summed E-state index contributed by atoms with van der Waals surface area (Å²) >= 11 is 3.55. The smallest absolute Gasteiger partial charge is 0.317 e. The number of carboxylic acids is 1. The van der Waals surface area contributed by atoms with Crippen LogP contribution in [0.4, 0.5) is 11.4 Å². The summed E-state index contributed by atoms with van der Waals surface area (Å²) in [5.74, 6) is 0.895. The maximum absolute atomic E-state index is 10.8. The van der Waals surface area contributed by atoms with E-state index in [0.717, 1.165) is 37.5 Å². The molecule has 1 aromatic rings. The third-order valence-electron chi connectivity index (χ3n) is 4.34. The van der Waals surface area contributed by atoms with E-state index in [2.05, 4.69) is 33.5 Å². The van der Waals surface area contributed by atoms with Crippen LogP contribution in [0.25, 0.3) is 0 Å². The molecule has 0 saturated heterocycles. The lowest BCUT2D eigenvalue weighted by Gasteiger charge is -2.32. The lowest BCUT2D eigenvalue weighted by atomic mass is 10.2. The Morgan fingerprint density at radius 3 is 3.08 bits per heavy atom. The van der Waals surface area contributed by atoms with Crippen LogP contribution in [0.2, 0.25) is 0 Å². The highest BCUT2D eigenvalue weighted by atomic mass is 32.2. The van der Waals surface area contributed by atoms with Crippen molar-refractivity contribution in [2.24, 2.45) is 10.7 Å². The van der Waals surface area contributed by atoms with Crippen LogP contribution in [0.1, 0.15) is 6.42 Å². The van der Waals surface area contributed by atoms with Gasteiger partial charge in [-0.15, -0.1) is 23.5 Å². The van der Waals surface area contributed by atoms with Crippen LogP contribution in [-0.2, 0) is 4.79 Å². The molecule has 0 spiro atoms. The summed E-state index contributed by atoms with van der Waals surface area (Å²) in [5, 5.41) is 11.2. The predicted octanol–water partition coefficient (Wildman–Crippen LogP) is 2.62. The standard InChI is InChI=1S/C18H24N4O2S2/c1-21(12-17(23)24)6-7-22-8-10-26-16-11-13(4-5-14(16)22)20-18(19)15-3-2-9-25-15/h2,4-5,9,11,15H,3,6-8,10,12H2,1H3,(H2,19,20)(H,23,24). The van der Waals surface area contributed by atoms with E-state index in [9.17, 15) is 4.79 Å². The quantitative estimate of drug-likeness (QED) is 0.545. The summed E-state index contributed by atoms with van der Waals surface area (Å²) in [6.07, 6.45) is 3.07. The van der Waals surface area contributed by atoms with Gasteiger partial charge in [-0.05, 0) is 37.1 Å². The number of allylic oxidation sites excluding steroid dienone is 1. The minimum absolute atomic E-state index is 0.0659. The second-order valence-corrected chi connectivity index (χ2v) is 8.64. The maximum atomic E-state index is 10.8. The largest absolute Gasteiger partial charge is 0.480 e. The van der Waals surface area contributed by atoms with Crippen molar-refractivity contribution in [1.29, 1.82) is 0 Å². The number of fused-ring (bicyclic) bond motifs is 1. The number of carboxylic acid groups (broad SMARTS) is 1. The summed E-state index contributed by atoms with van der Waals surface area (Å²) in [7, 11) is 1.84. The third kappa shape index (κ3) is 4.96. The van der Waals surface area contributed by atoms with Gasteiger partial charge in [-0.25, -0.2) is 4.99 Å². The predicted molar refractivity (Wildman–Crippen MR) is 111 cm³/mol. The van der Waals surface area contributed by atoms with E-state index in [4.69, 9.17) is 10.8 Å². The summed E-state index contributed by atoms with van der Waals surface area (Å²) in [5.41, 5.74) is 8.24. The normalized spacial score (nSPS) is 19.8. The molecular weight excluding hydrogens is 368 g/mol. The molecule has 1 aromatic carbocycles. The van der Waals surface area contributed by atoms with Gasteiger partial charge in [-0.3, -0.25) is 9.69 Å². The SMILES string of the molecule is CN(CCN1CCSc2cc(N=C(N)C3CC=CS3)ccc21)CC(=O)O. The molecule has 0 bridgehead atoms. The molecule has 0 amide bonds. The molecule has 2 heterocycles. The zero-order valence-corrected chi connectivity index (χ0v) is 16.4. The van der Waals surface area contributed by atoms with Crippen LogP contribution in [0.15, 0.2) is 39.6 Å². The molecule has 2 aliphatic rings. The van der Waals surface area contributed by atoms with Crippen LogP contribution in [0.3, 0.4) is 0 Å². The Labute approximate surface area is 162 Å². The molecule has 3 rings (SSSR count). The van der Waals surface area contributed by atoms with Crippen molar-refractivity contribution in [3.63, 3.8) is 0 Å². The number of anilines is 1. The molecule has 26 heavy (non-hydrogen) atoms. The van der Waals surface area contributed by atoms with Gasteiger partial charge >= 0.3 is 5.97 Å². The fraction of sp³-hybridized carbons (Fsp3) is 0.444. The lowest BCUT2D eigenvalue weighted by molar-refractivity contribution is -0.137. The molecule has 0 saturated carbocycles. The average Bonchev–Trinajstić information content (AvgIpc) is 3.14. The van der Waals surface area contributed by atoms with Crippen molar-refractivity contribution in [3.8, 4) is 0 Å². The summed E-state index contributed by atoms with van der Waals surface area (Å²) < 4.78 is 0. The fourth-order valence-corrected chi connectivity index (χ4v) is 4.87. The number of nitrogens with two attached hydrogens (primary N) is 1. The third-order valence-corrected chi connectivity index (χ3v) is 6.47.